The first-order valence-corrected chi connectivity index (χ1v) is 42.7. The van der Waals surface area contributed by atoms with E-state index in [1.54, 1.807) is 13.8 Å². The second-order valence-electron chi connectivity index (χ2n) is 30.2. The van der Waals surface area contributed by atoms with Crippen LogP contribution in [0.3, 0.4) is 0 Å². The first-order valence-electron chi connectivity index (χ1n) is 42.7. The Balaban J connectivity index is -0.0000673. The molecule has 0 unspecified atom stereocenters. The van der Waals surface area contributed by atoms with E-state index in [-0.39, 0.29) is 256 Å². The number of ether oxygens (including phenoxy) is 8. The van der Waals surface area contributed by atoms with Crippen molar-refractivity contribution < 1.29 is 133 Å². The average Bonchev–Trinajstić information content (AvgIpc) is 0.879. The number of carbonyl (C=O) groups is 15. The lowest BCUT2D eigenvalue weighted by Crippen LogP contribution is -2.43. The number of rotatable bonds is 87. The van der Waals surface area contributed by atoms with Gasteiger partial charge in [-0.25, -0.2) is 9.59 Å². The minimum absolute atomic E-state index is 0. The Morgan fingerprint density at radius 3 is 1.03 bits per heavy atom. The van der Waals surface area contributed by atoms with Gasteiger partial charge in [-0.1, -0.05) is 116 Å². The van der Waals surface area contributed by atoms with E-state index < -0.39 is 53.3 Å². The van der Waals surface area contributed by atoms with Crippen LogP contribution in [0.15, 0.2) is 0 Å². The van der Waals surface area contributed by atoms with Crippen molar-refractivity contribution in [2.75, 3.05) is 132 Å². The first-order chi connectivity index (χ1) is 56.1. The molecular formula is C83H149N7O27. The van der Waals surface area contributed by atoms with Crippen molar-refractivity contribution in [1.82, 2.24) is 31.9 Å². The lowest BCUT2D eigenvalue weighted by atomic mass is 9.82. The monoisotopic (exact) mass is 1680 g/mol. The lowest BCUT2D eigenvalue weighted by molar-refractivity contribution is -0.142. The van der Waals surface area contributed by atoms with Gasteiger partial charge in [0, 0.05) is 118 Å². The number of unbranched alkanes of at least 4 members (excludes halogenated alkanes) is 20. The van der Waals surface area contributed by atoms with E-state index in [2.05, 4.69) is 31.9 Å². The van der Waals surface area contributed by atoms with Gasteiger partial charge in [-0.2, -0.15) is 0 Å². The summed E-state index contributed by atoms with van der Waals surface area (Å²) < 4.78 is 43.4. The molecule has 678 valence electrons. The van der Waals surface area contributed by atoms with E-state index >= 15 is 0 Å². The van der Waals surface area contributed by atoms with Crippen LogP contribution in [0, 0.1) is 11.8 Å². The van der Waals surface area contributed by atoms with Gasteiger partial charge >= 0.3 is 23.9 Å². The topological polar surface area (TPSA) is 509 Å². The van der Waals surface area contributed by atoms with Crippen LogP contribution in [0.1, 0.15) is 280 Å². The molecule has 0 aromatic heterocycles. The maximum absolute atomic E-state index is 13.7. The van der Waals surface area contributed by atoms with Gasteiger partial charge in [0.05, 0.1) is 71.6 Å². The molecule has 0 aromatic rings. The number of amides is 6. The largest absolute Gasteiger partial charge is 0.481 e. The lowest BCUT2D eigenvalue weighted by Gasteiger charge is -2.23. The van der Waals surface area contributed by atoms with E-state index in [9.17, 15) is 82.1 Å². The number of hydrogen-bond donors (Lipinski definition) is 11. The third kappa shape index (κ3) is 72.4. The van der Waals surface area contributed by atoms with Gasteiger partial charge in [0.2, 0.25) is 35.4 Å². The van der Waals surface area contributed by atoms with Gasteiger partial charge in [0.15, 0.2) is 11.6 Å². The van der Waals surface area contributed by atoms with Crippen molar-refractivity contribution in [3.05, 3.63) is 0 Å². The SMILES string of the molecule is CC(=O)[C@H](CCCCNC(=O)COCCOCCCC(=O)COCCOCCNC(=O)CC[C@H](NC(=O)CCCCCCCCCCCCC(=O)O)C(=O)O)CC(=O)[C@H](CCCCNC(=O)COCCOCCNC(=O)COCCOCCCC(=O)CC[C@H](NC(=O)CCCCCCCCCCCCC(=O)O)C(=O)O)CC(=O)C(C)(C)N.[HH].[HH]. The highest BCUT2D eigenvalue weighted by Crippen LogP contribution is 2.25. The van der Waals surface area contributed by atoms with E-state index in [1.807, 2.05) is 0 Å². The predicted molar refractivity (Wildman–Crippen MR) is 438 cm³/mol. The van der Waals surface area contributed by atoms with Crippen molar-refractivity contribution in [2.24, 2.45) is 17.6 Å². The zero-order valence-corrected chi connectivity index (χ0v) is 70.5. The van der Waals surface area contributed by atoms with Crippen LogP contribution in [0.5, 0.6) is 0 Å². The zero-order valence-electron chi connectivity index (χ0n) is 70.5. The number of carboxylic acids is 4. The molecule has 0 radical (unpaired) electrons. The molecule has 12 N–H and O–H groups in total. The summed E-state index contributed by atoms with van der Waals surface area (Å²) in [5.41, 5.74) is 4.92. The molecule has 0 bridgehead atoms. The second kappa shape index (κ2) is 74.9. The number of carbonyl (C=O) groups excluding carboxylic acids is 11. The average molecular weight is 1680 g/mol. The molecule has 0 aromatic carbocycles. The molecule has 6 amide bonds. The third-order valence-electron chi connectivity index (χ3n) is 19.0. The number of carboxylic acid groups (broad SMARTS) is 4. The van der Waals surface area contributed by atoms with Crippen molar-refractivity contribution in [3.63, 3.8) is 0 Å². The summed E-state index contributed by atoms with van der Waals surface area (Å²) in [5.74, 6) is -8.28. The highest BCUT2D eigenvalue weighted by atomic mass is 16.5. The fourth-order valence-electron chi connectivity index (χ4n) is 12.1. The van der Waals surface area contributed by atoms with Crippen LogP contribution >= 0.6 is 0 Å². The number of ketones is 5. The van der Waals surface area contributed by atoms with Crippen molar-refractivity contribution in [2.45, 2.75) is 295 Å². The van der Waals surface area contributed by atoms with Crippen LogP contribution in [-0.2, 0) is 110 Å². The molecule has 0 fully saturated rings. The maximum Gasteiger partial charge on any atom is 0.326 e. The highest BCUT2D eigenvalue weighted by molar-refractivity contribution is 5.94. The van der Waals surface area contributed by atoms with E-state index in [1.165, 1.54) is 6.92 Å². The molecule has 0 saturated heterocycles. The molecule has 0 aliphatic carbocycles. The van der Waals surface area contributed by atoms with Crippen molar-refractivity contribution >= 4 is 88.2 Å². The highest BCUT2D eigenvalue weighted by Gasteiger charge is 2.31. The Morgan fingerprint density at radius 1 is 0.308 bits per heavy atom. The normalized spacial score (nSPS) is 12.4. The fraction of sp³-hybridized carbons (Fsp3) is 0.819. The molecule has 0 aliphatic rings. The summed E-state index contributed by atoms with van der Waals surface area (Å²) in [5, 5.41) is 52.4. The standard InChI is InChI=1S/C83H145N7O27.2H2/c1-64(91)65(30-24-26-42-85-76(99)61-115-55-51-111-47-29-33-68(93)60-114-54-52-112-48-44-87-73(96)41-40-70(82(108)109)90-75(98)35-21-17-13-9-5-7-11-15-19-23-37-80(104)105)58-71(94)66(59-72(95)83(2,3)84)31-25-27-43-86-77(100)62-117-57-53-113-49-45-88-78(101)63-116-56-50-110-46-28-32-67(92)38-39-69(81(106)107)89-74(97)34-20-16-12-8-4-6-10-14-18-22-36-79(102)103;;/h65-66,69-70H,4-63,84H2,1-3H3,(H,85,99)(H,86,100)(H,87,96)(H,88,101)(H,89,97)(H,90,98)(H,102,103)(H,104,105)(H,106,107)(H,108,109);2*1H/t65-,66-,69+,70+;;/m1../s1. The molecule has 34 heteroatoms. The van der Waals surface area contributed by atoms with Crippen LogP contribution in [0.25, 0.3) is 0 Å². The minimum Gasteiger partial charge on any atom is -0.481 e. The molecule has 0 spiro atoms. The number of nitrogens with one attached hydrogen (secondary N) is 6. The Hall–Kier alpha value is -7.31. The summed E-state index contributed by atoms with van der Waals surface area (Å²) >= 11 is 0. The second-order valence-corrected chi connectivity index (χ2v) is 30.2. The summed E-state index contributed by atoms with van der Waals surface area (Å²) in [6.45, 7) is 7.05. The molecular weight excluding hydrogens is 1530 g/mol. The minimum atomic E-state index is -1.22. The van der Waals surface area contributed by atoms with Gasteiger partial charge in [-0.3, -0.25) is 62.3 Å². The summed E-state index contributed by atoms with van der Waals surface area (Å²) in [6, 6.07) is -2.33. The maximum atomic E-state index is 13.7. The number of Topliss-reactive ketones (excluding diaryl/α,β-unsaturated/α-hetero) is 5. The van der Waals surface area contributed by atoms with Gasteiger partial charge < -0.3 is 96.0 Å². The smallest absolute Gasteiger partial charge is 0.326 e. The summed E-state index contributed by atoms with van der Waals surface area (Å²) in [6.07, 6.45) is 23.6. The first kappa shape index (κ1) is 110. The molecule has 117 heavy (non-hydrogen) atoms. The molecule has 0 saturated carbocycles. The van der Waals surface area contributed by atoms with Crippen LogP contribution in [-0.4, -0.2) is 258 Å². The molecule has 0 rings (SSSR count). The third-order valence-corrected chi connectivity index (χ3v) is 19.0. The fourth-order valence-corrected chi connectivity index (χ4v) is 12.1. The predicted octanol–water partition coefficient (Wildman–Crippen LogP) is 7.82. The number of aliphatic carboxylic acids is 4. The quantitative estimate of drug-likeness (QED) is 0.0258. The Labute approximate surface area is 695 Å². The number of nitrogens with two attached hydrogens (primary N) is 1. The van der Waals surface area contributed by atoms with Crippen LogP contribution in [0.2, 0.25) is 0 Å². The Morgan fingerprint density at radius 2 is 0.641 bits per heavy atom. The van der Waals surface area contributed by atoms with E-state index in [0.29, 0.717) is 96.7 Å². The van der Waals surface area contributed by atoms with E-state index in [0.717, 1.165) is 103 Å². The van der Waals surface area contributed by atoms with Crippen LogP contribution < -0.4 is 37.6 Å². The summed E-state index contributed by atoms with van der Waals surface area (Å²) in [4.78, 5) is 183. The molecule has 0 aliphatic heterocycles. The zero-order chi connectivity index (χ0) is 86.8. The van der Waals surface area contributed by atoms with Gasteiger partial charge in [0.25, 0.3) is 0 Å². The number of hydrogen-bond acceptors (Lipinski definition) is 24. The van der Waals surface area contributed by atoms with Gasteiger partial charge in [-0.15, -0.1) is 0 Å². The van der Waals surface area contributed by atoms with Crippen molar-refractivity contribution in [1.29, 1.82) is 0 Å². The molecule has 0 heterocycles. The van der Waals surface area contributed by atoms with E-state index in [4.69, 9.17) is 53.8 Å². The summed E-state index contributed by atoms with van der Waals surface area (Å²) in [7, 11) is 0. The van der Waals surface area contributed by atoms with Gasteiger partial charge in [-0.05, 0) is 97.8 Å². The van der Waals surface area contributed by atoms with Gasteiger partial charge in [0.1, 0.15) is 55.9 Å². The Bertz CT molecular complexity index is 2800. The van der Waals surface area contributed by atoms with Crippen molar-refractivity contribution in [3.8, 4) is 0 Å². The molecule has 4 atom stereocenters. The van der Waals surface area contributed by atoms with Crippen LogP contribution in [0.4, 0.5) is 0 Å². The molecule has 34 nitrogen and oxygen atoms in total. The Kier molecular flexibility index (Phi) is 70.3.